The molecule has 0 unspecified atom stereocenters. The maximum absolute atomic E-state index is 11.4. The Morgan fingerprint density at radius 1 is 1.33 bits per heavy atom. The van der Waals surface area contributed by atoms with Crippen molar-refractivity contribution in [3.8, 4) is 6.07 Å². The lowest BCUT2D eigenvalue weighted by molar-refractivity contribution is -0.120. The van der Waals surface area contributed by atoms with Gasteiger partial charge < -0.3 is 0 Å². The number of rotatable bonds is 2. The lowest BCUT2D eigenvalue weighted by atomic mass is 10.0. The van der Waals surface area contributed by atoms with Gasteiger partial charge in [0.1, 0.15) is 0 Å². The molecule has 1 aliphatic rings. The molecule has 0 atom stereocenters. The molecule has 0 spiro atoms. The van der Waals surface area contributed by atoms with E-state index in [-0.39, 0.29) is 29.0 Å². The highest BCUT2D eigenvalue weighted by atomic mass is 16.1. The van der Waals surface area contributed by atoms with Crippen molar-refractivity contribution >= 4 is 5.78 Å². The fourth-order valence-electron chi connectivity index (χ4n) is 2.18. The molecular formula is C10H15NO. The topological polar surface area (TPSA) is 40.9 Å². The molecule has 66 valence electrons. The molecule has 0 heterocycles. The van der Waals surface area contributed by atoms with E-state index in [0.717, 1.165) is 0 Å². The van der Waals surface area contributed by atoms with E-state index in [2.05, 4.69) is 27.7 Å². The molecule has 0 amide bonds. The van der Waals surface area contributed by atoms with Crippen molar-refractivity contribution < 1.29 is 4.79 Å². The van der Waals surface area contributed by atoms with Crippen molar-refractivity contribution in [1.82, 2.24) is 0 Å². The monoisotopic (exact) mass is 165 g/mol. The number of nitrogens with zero attached hydrogens (tertiary/aromatic N) is 1. The number of hydrogen-bond donors (Lipinski definition) is 0. The second kappa shape index (κ2) is 2.32. The molecule has 0 saturated heterocycles. The molecule has 0 radical (unpaired) electrons. The Morgan fingerprint density at radius 3 is 2.00 bits per heavy atom. The zero-order valence-corrected chi connectivity index (χ0v) is 8.14. The normalized spacial score (nSPS) is 24.6. The van der Waals surface area contributed by atoms with Crippen molar-refractivity contribution in [2.45, 2.75) is 34.1 Å². The molecule has 0 N–H and O–H groups in total. The van der Waals surface area contributed by atoms with Crippen LogP contribution in [0.1, 0.15) is 34.1 Å². The van der Waals surface area contributed by atoms with Gasteiger partial charge in [0.2, 0.25) is 0 Å². The van der Waals surface area contributed by atoms with Crippen LogP contribution in [0.15, 0.2) is 0 Å². The maximum Gasteiger partial charge on any atom is 0.151 e. The summed E-state index contributed by atoms with van der Waals surface area (Å²) in [6, 6.07) is 1.91. The standard InChI is InChI=1S/C10H15NO/c1-9(2)8(10(9,3)4)7(12)5-6-11/h8H,5H2,1-4H3. The number of carbonyl (C=O) groups excluding carboxylic acids is 1. The van der Waals surface area contributed by atoms with E-state index in [1.54, 1.807) is 0 Å². The van der Waals surface area contributed by atoms with Crippen molar-refractivity contribution in [3.63, 3.8) is 0 Å². The van der Waals surface area contributed by atoms with Crippen LogP contribution in [0, 0.1) is 28.1 Å². The lowest BCUT2D eigenvalue weighted by Crippen LogP contribution is -2.05. The fourth-order valence-corrected chi connectivity index (χ4v) is 2.18. The number of ketones is 1. The third-order valence-electron chi connectivity index (χ3n) is 3.60. The molecular weight excluding hydrogens is 150 g/mol. The molecule has 2 nitrogen and oxygen atoms in total. The summed E-state index contributed by atoms with van der Waals surface area (Å²) in [4.78, 5) is 11.4. The van der Waals surface area contributed by atoms with Crippen molar-refractivity contribution in [1.29, 1.82) is 5.26 Å². The summed E-state index contributed by atoms with van der Waals surface area (Å²) >= 11 is 0. The minimum Gasteiger partial charge on any atom is -0.298 e. The third-order valence-corrected chi connectivity index (χ3v) is 3.60. The highest BCUT2D eigenvalue weighted by molar-refractivity contribution is 5.87. The Hall–Kier alpha value is -0.840. The van der Waals surface area contributed by atoms with Crippen molar-refractivity contribution in [2.75, 3.05) is 0 Å². The minimum absolute atomic E-state index is 0.0670. The largest absolute Gasteiger partial charge is 0.298 e. The Balaban J connectivity index is 2.72. The Kier molecular flexibility index (Phi) is 1.79. The van der Waals surface area contributed by atoms with Gasteiger partial charge in [-0.25, -0.2) is 0 Å². The van der Waals surface area contributed by atoms with E-state index in [1.807, 2.05) is 6.07 Å². The maximum atomic E-state index is 11.4. The first-order valence-corrected chi connectivity index (χ1v) is 4.25. The molecule has 1 fully saturated rings. The van der Waals surface area contributed by atoms with E-state index >= 15 is 0 Å². The quantitative estimate of drug-likeness (QED) is 0.629. The van der Waals surface area contributed by atoms with Gasteiger partial charge in [0.05, 0.1) is 12.5 Å². The third kappa shape index (κ3) is 0.964. The van der Waals surface area contributed by atoms with Gasteiger partial charge >= 0.3 is 0 Å². The van der Waals surface area contributed by atoms with Gasteiger partial charge in [0, 0.05) is 5.92 Å². The Morgan fingerprint density at radius 2 is 1.75 bits per heavy atom. The first-order chi connectivity index (χ1) is 5.35. The zero-order valence-electron chi connectivity index (χ0n) is 8.14. The summed E-state index contributed by atoms with van der Waals surface area (Å²) in [5.41, 5.74) is 0.169. The molecule has 0 aromatic heterocycles. The Labute approximate surface area is 73.6 Å². The summed E-state index contributed by atoms with van der Waals surface area (Å²) < 4.78 is 0. The van der Waals surface area contributed by atoms with Crippen LogP contribution >= 0.6 is 0 Å². The molecule has 1 saturated carbocycles. The van der Waals surface area contributed by atoms with Crippen LogP contribution in [0.25, 0.3) is 0 Å². The van der Waals surface area contributed by atoms with E-state index in [9.17, 15) is 4.79 Å². The second-order valence-corrected chi connectivity index (χ2v) is 4.68. The van der Waals surface area contributed by atoms with Gasteiger partial charge in [-0.1, -0.05) is 27.7 Å². The average Bonchev–Trinajstić information content (AvgIpc) is 2.24. The Bertz CT molecular complexity index is 244. The van der Waals surface area contributed by atoms with Crippen LogP contribution in [0.5, 0.6) is 0 Å². The highest BCUT2D eigenvalue weighted by Crippen LogP contribution is 2.68. The summed E-state index contributed by atoms with van der Waals surface area (Å²) in [5.74, 6) is 0.192. The smallest absolute Gasteiger partial charge is 0.151 e. The van der Waals surface area contributed by atoms with Gasteiger partial charge in [-0.3, -0.25) is 4.79 Å². The van der Waals surface area contributed by atoms with Gasteiger partial charge in [-0.05, 0) is 10.8 Å². The number of Topliss-reactive ketones (excluding diaryl/α,β-unsaturated/α-hetero) is 1. The average molecular weight is 165 g/mol. The molecule has 0 aromatic rings. The second-order valence-electron chi connectivity index (χ2n) is 4.68. The number of hydrogen-bond acceptors (Lipinski definition) is 2. The van der Waals surface area contributed by atoms with E-state index in [4.69, 9.17) is 5.26 Å². The van der Waals surface area contributed by atoms with Gasteiger partial charge in [-0.15, -0.1) is 0 Å². The van der Waals surface area contributed by atoms with E-state index < -0.39 is 0 Å². The predicted octanol–water partition coefficient (Wildman–Crippen LogP) is 2.15. The first kappa shape index (κ1) is 9.25. The molecule has 0 bridgehead atoms. The van der Waals surface area contributed by atoms with Crippen molar-refractivity contribution in [2.24, 2.45) is 16.7 Å². The van der Waals surface area contributed by atoms with Gasteiger partial charge in [0.25, 0.3) is 0 Å². The van der Waals surface area contributed by atoms with Gasteiger partial charge in [0.15, 0.2) is 5.78 Å². The molecule has 1 aliphatic carbocycles. The first-order valence-electron chi connectivity index (χ1n) is 4.25. The van der Waals surface area contributed by atoms with Crippen LogP contribution in [0.2, 0.25) is 0 Å². The van der Waals surface area contributed by atoms with Gasteiger partial charge in [-0.2, -0.15) is 5.26 Å². The molecule has 0 aromatic carbocycles. The highest BCUT2D eigenvalue weighted by Gasteiger charge is 2.67. The summed E-state index contributed by atoms with van der Waals surface area (Å²) in [6.07, 6.45) is 0.0670. The lowest BCUT2D eigenvalue weighted by Gasteiger charge is -2.03. The number of nitriles is 1. The van der Waals surface area contributed by atoms with Crippen LogP contribution in [-0.2, 0) is 4.79 Å². The number of carbonyl (C=O) groups is 1. The summed E-state index contributed by atoms with van der Waals surface area (Å²) in [6.45, 7) is 8.36. The van der Waals surface area contributed by atoms with Crippen molar-refractivity contribution in [3.05, 3.63) is 0 Å². The van der Waals surface area contributed by atoms with Crippen LogP contribution < -0.4 is 0 Å². The zero-order chi connectivity index (χ0) is 9.57. The van der Waals surface area contributed by atoms with E-state index in [1.165, 1.54) is 0 Å². The summed E-state index contributed by atoms with van der Waals surface area (Å²) in [5, 5.41) is 8.38. The van der Waals surface area contributed by atoms with Crippen LogP contribution in [0.4, 0.5) is 0 Å². The predicted molar refractivity (Wildman–Crippen MR) is 46.3 cm³/mol. The van der Waals surface area contributed by atoms with Crippen LogP contribution in [0.3, 0.4) is 0 Å². The van der Waals surface area contributed by atoms with Crippen LogP contribution in [-0.4, -0.2) is 5.78 Å². The molecule has 2 heteroatoms. The summed E-state index contributed by atoms with van der Waals surface area (Å²) in [7, 11) is 0. The molecule has 0 aliphatic heterocycles. The fraction of sp³-hybridized carbons (Fsp3) is 0.800. The molecule has 12 heavy (non-hydrogen) atoms. The van der Waals surface area contributed by atoms with E-state index in [0.29, 0.717) is 0 Å². The SMILES string of the molecule is CC1(C)C(C(=O)CC#N)C1(C)C. The minimum atomic E-state index is 0.0670. The molecule has 1 rings (SSSR count).